The van der Waals surface area contributed by atoms with Crippen LogP contribution in [0.25, 0.3) is 0 Å². The first kappa shape index (κ1) is 19.5. The molecular weight excluding hydrogens is 288 g/mol. The molecule has 0 fully saturated rings. The molecule has 0 aliphatic heterocycles. The van der Waals surface area contributed by atoms with E-state index in [-0.39, 0.29) is 12.1 Å². The van der Waals surface area contributed by atoms with Crippen LogP contribution in [0, 0.1) is 6.92 Å². The molecule has 130 valence electrons. The van der Waals surface area contributed by atoms with E-state index in [1.165, 1.54) is 11.1 Å². The summed E-state index contributed by atoms with van der Waals surface area (Å²) in [6.07, 6.45) is 2.98. The Morgan fingerprint density at radius 2 is 1.87 bits per heavy atom. The van der Waals surface area contributed by atoms with E-state index in [4.69, 9.17) is 4.74 Å². The molecule has 0 saturated heterocycles. The summed E-state index contributed by atoms with van der Waals surface area (Å²) in [5, 5.41) is 6.41. The second kappa shape index (κ2) is 9.56. The maximum absolute atomic E-state index is 11.8. The Labute approximate surface area is 141 Å². The topological polar surface area (TPSA) is 50.4 Å². The Bertz CT molecular complexity index is 463. The van der Waals surface area contributed by atoms with Gasteiger partial charge in [-0.05, 0) is 39.7 Å². The number of carbonyl (C=O) groups is 1. The minimum atomic E-state index is -0.460. The molecule has 1 atom stereocenters. The van der Waals surface area contributed by atoms with Gasteiger partial charge in [0, 0.05) is 19.1 Å². The van der Waals surface area contributed by atoms with E-state index >= 15 is 0 Å². The van der Waals surface area contributed by atoms with E-state index in [0.717, 1.165) is 25.8 Å². The number of unbranched alkanes of at least 4 members (excludes halogenated alkanes) is 1. The van der Waals surface area contributed by atoms with Crippen molar-refractivity contribution in [3.8, 4) is 0 Å². The van der Waals surface area contributed by atoms with Crippen LogP contribution in [-0.4, -0.2) is 24.3 Å². The van der Waals surface area contributed by atoms with Crippen molar-refractivity contribution >= 4 is 6.09 Å². The maximum Gasteiger partial charge on any atom is 0.407 e. The minimum Gasteiger partial charge on any atom is -0.444 e. The Morgan fingerprint density at radius 1 is 1.22 bits per heavy atom. The molecule has 0 aromatic heterocycles. The van der Waals surface area contributed by atoms with Gasteiger partial charge in [0.25, 0.3) is 0 Å². The predicted molar refractivity (Wildman–Crippen MR) is 95.6 cm³/mol. The van der Waals surface area contributed by atoms with Crippen LogP contribution in [0.4, 0.5) is 4.79 Å². The zero-order valence-electron chi connectivity index (χ0n) is 15.2. The SMILES string of the molecule is CCCCC(CNC(=O)OC(C)(C)C)NCc1ccc(C)cc1. The summed E-state index contributed by atoms with van der Waals surface area (Å²) < 4.78 is 5.29. The zero-order chi connectivity index (χ0) is 17.3. The molecule has 1 aromatic carbocycles. The van der Waals surface area contributed by atoms with Gasteiger partial charge in [0.05, 0.1) is 0 Å². The lowest BCUT2D eigenvalue weighted by atomic mass is 10.1. The van der Waals surface area contributed by atoms with E-state index in [9.17, 15) is 4.79 Å². The fourth-order valence-corrected chi connectivity index (χ4v) is 2.22. The van der Waals surface area contributed by atoms with E-state index in [1.807, 2.05) is 20.8 Å². The van der Waals surface area contributed by atoms with Crippen LogP contribution in [0.1, 0.15) is 58.1 Å². The minimum absolute atomic E-state index is 0.253. The van der Waals surface area contributed by atoms with Crippen molar-refractivity contribution in [2.75, 3.05) is 6.54 Å². The molecule has 1 unspecified atom stereocenters. The van der Waals surface area contributed by atoms with Crippen LogP contribution in [0.5, 0.6) is 0 Å². The Kier molecular flexibility index (Phi) is 8.10. The summed E-state index contributed by atoms with van der Waals surface area (Å²) in [6, 6.07) is 8.78. The van der Waals surface area contributed by atoms with Crippen LogP contribution in [0.3, 0.4) is 0 Å². The number of rotatable bonds is 8. The standard InChI is InChI=1S/C19H32N2O2/c1-6-7-8-17(14-21-18(22)23-19(3,4)5)20-13-16-11-9-15(2)10-12-16/h9-12,17,20H,6-8,13-14H2,1-5H3,(H,21,22). The largest absolute Gasteiger partial charge is 0.444 e. The summed E-state index contributed by atoms with van der Waals surface area (Å²) >= 11 is 0. The number of carbonyl (C=O) groups excluding carboxylic acids is 1. The Hall–Kier alpha value is -1.55. The van der Waals surface area contributed by atoms with Crippen LogP contribution < -0.4 is 10.6 Å². The van der Waals surface area contributed by atoms with Gasteiger partial charge < -0.3 is 15.4 Å². The summed E-state index contributed by atoms with van der Waals surface area (Å²) in [5.41, 5.74) is 2.07. The van der Waals surface area contributed by atoms with Crippen molar-refractivity contribution in [2.45, 2.75) is 72.1 Å². The molecule has 0 aliphatic rings. The normalized spacial score (nSPS) is 12.7. The molecule has 23 heavy (non-hydrogen) atoms. The lowest BCUT2D eigenvalue weighted by Crippen LogP contribution is -2.42. The van der Waals surface area contributed by atoms with Gasteiger partial charge >= 0.3 is 6.09 Å². The molecule has 0 aliphatic carbocycles. The second-order valence-electron chi connectivity index (χ2n) is 7.09. The van der Waals surface area contributed by atoms with Gasteiger partial charge in [-0.2, -0.15) is 0 Å². The fraction of sp³-hybridized carbons (Fsp3) is 0.632. The first-order valence-corrected chi connectivity index (χ1v) is 8.56. The zero-order valence-corrected chi connectivity index (χ0v) is 15.2. The summed E-state index contributed by atoms with van der Waals surface area (Å²) in [5.74, 6) is 0. The molecule has 0 saturated carbocycles. The average Bonchev–Trinajstić information content (AvgIpc) is 2.46. The first-order chi connectivity index (χ1) is 10.8. The molecule has 0 bridgehead atoms. The Balaban J connectivity index is 2.45. The molecule has 0 heterocycles. The van der Waals surface area contributed by atoms with Gasteiger partial charge in [-0.15, -0.1) is 0 Å². The smallest absolute Gasteiger partial charge is 0.407 e. The number of amides is 1. The fourth-order valence-electron chi connectivity index (χ4n) is 2.22. The van der Waals surface area contributed by atoms with Gasteiger partial charge in [-0.3, -0.25) is 0 Å². The number of aryl methyl sites for hydroxylation is 1. The average molecular weight is 320 g/mol. The summed E-state index contributed by atoms with van der Waals surface area (Å²) in [6.45, 7) is 11.3. The first-order valence-electron chi connectivity index (χ1n) is 8.56. The molecule has 4 nitrogen and oxygen atoms in total. The van der Waals surface area contributed by atoms with E-state index in [1.54, 1.807) is 0 Å². The quantitative estimate of drug-likeness (QED) is 0.756. The second-order valence-corrected chi connectivity index (χ2v) is 7.09. The highest BCUT2D eigenvalue weighted by Gasteiger charge is 2.17. The summed E-state index contributed by atoms with van der Waals surface area (Å²) in [7, 11) is 0. The van der Waals surface area contributed by atoms with Gasteiger partial charge in [0.15, 0.2) is 0 Å². The molecule has 0 radical (unpaired) electrons. The summed E-state index contributed by atoms with van der Waals surface area (Å²) in [4.78, 5) is 11.8. The molecular formula is C19H32N2O2. The van der Waals surface area contributed by atoms with Crippen molar-refractivity contribution in [3.05, 3.63) is 35.4 Å². The van der Waals surface area contributed by atoms with Crippen LogP contribution in [0.15, 0.2) is 24.3 Å². The van der Waals surface area contributed by atoms with Crippen molar-refractivity contribution < 1.29 is 9.53 Å². The van der Waals surface area contributed by atoms with Crippen LogP contribution >= 0.6 is 0 Å². The van der Waals surface area contributed by atoms with Crippen molar-refractivity contribution in [1.29, 1.82) is 0 Å². The van der Waals surface area contributed by atoms with Gasteiger partial charge in [0.1, 0.15) is 5.60 Å². The highest BCUT2D eigenvalue weighted by Crippen LogP contribution is 2.08. The Morgan fingerprint density at radius 3 is 2.43 bits per heavy atom. The molecule has 1 rings (SSSR count). The maximum atomic E-state index is 11.8. The highest BCUT2D eigenvalue weighted by molar-refractivity contribution is 5.67. The van der Waals surface area contributed by atoms with E-state index in [2.05, 4.69) is 48.7 Å². The number of hydrogen-bond donors (Lipinski definition) is 2. The molecule has 4 heteroatoms. The van der Waals surface area contributed by atoms with E-state index < -0.39 is 5.60 Å². The molecule has 0 spiro atoms. The third-order valence-corrected chi connectivity index (χ3v) is 3.51. The van der Waals surface area contributed by atoms with Crippen LogP contribution in [0.2, 0.25) is 0 Å². The van der Waals surface area contributed by atoms with E-state index in [0.29, 0.717) is 6.54 Å². The van der Waals surface area contributed by atoms with Gasteiger partial charge in [-0.25, -0.2) is 4.79 Å². The van der Waals surface area contributed by atoms with Crippen molar-refractivity contribution in [3.63, 3.8) is 0 Å². The number of hydrogen-bond acceptors (Lipinski definition) is 3. The molecule has 1 amide bonds. The van der Waals surface area contributed by atoms with Gasteiger partial charge in [-0.1, -0.05) is 49.6 Å². The van der Waals surface area contributed by atoms with Crippen LogP contribution in [-0.2, 0) is 11.3 Å². The number of benzene rings is 1. The molecule has 2 N–H and O–H groups in total. The van der Waals surface area contributed by atoms with Gasteiger partial charge in [0.2, 0.25) is 0 Å². The number of nitrogens with one attached hydrogen (secondary N) is 2. The lowest BCUT2D eigenvalue weighted by molar-refractivity contribution is 0.0521. The van der Waals surface area contributed by atoms with Crippen molar-refractivity contribution in [1.82, 2.24) is 10.6 Å². The lowest BCUT2D eigenvalue weighted by Gasteiger charge is -2.23. The number of ether oxygens (including phenoxy) is 1. The third-order valence-electron chi connectivity index (χ3n) is 3.51. The number of alkyl carbamates (subject to hydrolysis) is 1. The highest BCUT2D eigenvalue weighted by atomic mass is 16.6. The third kappa shape index (κ3) is 9.24. The monoisotopic (exact) mass is 320 g/mol. The molecule has 1 aromatic rings. The predicted octanol–water partition coefficient (Wildman–Crippen LogP) is 4.17. The van der Waals surface area contributed by atoms with Crippen molar-refractivity contribution in [2.24, 2.45) is 0 Å².